The van der Waals surface area contributed by atoms with Crippen molar-refractivity contribution in [3.8, 4) is 11.5 Å². The molecule has 0 spiro atoms. The van der Waals surface area contributed by atoms with Crippen LogP contribution < -0.4 is 4.74 Å². The third-order valence-electron chi connectivity index (χ3n) is 3.11. The number of nitrogens with zero attached hydrogens (tertiary/aromatic N) is 1. The maximum Gasteiger partial charge on any atom is 0.229 e. The van der Waals surface area contributed by atoms with Gasteiger partial charge in [0, 0.05) is 0 Å². The molecular weight excluding hydrogens is 254 g/mol. The zero-order valence-electron chi connectivity index (χ0n) is 11.2. The topological polar surface area (TPSA) is 40.0 Å². The van der Waals surface area contributed by atoms with Gasteiger partial charge in [-0.05, 0) is 29.8 Å². The monoisotopic (exact) mass is 269 g/mol. The lowest BCUT2D eigenvalue weighted by molar-refractivity contribution is 0.0854. The molecule has 2 aromatic carbocycles. The summed E-state index contributed by atoms with van der Waals surface area (Å²) in [6, 6.07) is 17.5. The molecule has 2 aromatic rings. The summed E-state index contributed by atoms with van der Waals surface area (Å²) in [5, 5.41) is 3.87. The Labute approximate surface area is 117 Å². The van der Waals surface area contributed by atoms with Crippen molar-refractivity contribution in [3.05, 3.63) is 60.2 Å². The van der Waals surface area contributed by atoms with Gasteiger partial charge in [-0.1, -0.05) is 35.5 Å². The Hall–Kier alpha value is -2.49. The van der Waals surface area contributed by atoms with Crippen LogP contribution in [0.1, 0.15) is 18.1 Å². The lowest BCUT2D eigenvalue weighted by Crippen LogP contribution is -2.01. The lowest BCUT2D eigenvalue weighted by atomic mass is 10.1. The van der Waals surface area contributed by atoms with Crippen molar-refractivity contribution in [2.75, 3.05) is 7.11 Å². The molecule has 0 saturated heterocycles. The van der Waals surface area contributed by atoms with Gasteiger partial charge in [0.1, 0.15) is 11.5 Å². The summed E-state index contributed by atoms with van der Waals surface area (Å²) >= 11 is 0. The van der Waals surface area contributed by atoms with Crippen LogP contribution in [0, 0.1) is 0 Å². The summed E-state index contributed by atoms with van der Waals surface area (Å²) in [5.74, 6) is 2.24. The highest BCUT2D eigenvalue weighted by molar-refractivity contribution is 5.77. The van der Waals surface area contributed by atoms with Gasteiger partial charge in [0.2, 0.25) is 5.90 Å². The van der Waals surface area contributed by atoms with Crippen LogP contribution in [0.2, 0.25) is 0 Å². The SMILES string of the molecule is COC1=NO[C@H](c2ccc(Oc3ccccc3)cc2)C1. The average Bonchev–Trinajstić information content (AvgIpc) is 2.98. The number of hydrogen-bond donors (Lipinski definition) is 0. The van der Waals surface area contributed by atoms with Crippen LogP contribution in [-0.2, 0) is 9.57 Å². The van der Waals surface area contributed by atoms with E-state index in [0.717, 1.165) is 17.1 Å². The van der Waals surface area contributed by atoms with Gasteiger partial charge in [0.15, 0.2) is 6.10 Å². The minimum atomic E-state index is -0.0734. The summed E-state index contributed by atoms with van der Waals surface area (Å²) in [4.78, 5) is 5.32. The summed E-state index contributed by atoms with van der Waals surface area (Å²) < 4.78 is 10.8. The summed E-state index contributed by atoms with van der Waals surface area (Å²) in [5.41, 5.74) is 1.06. The highest BCUT2D eigenvalue weighted by Gasteiger charge is 2.23. The molecule has 0 fully saturated rings. The van der Waals surface area contributed by atoms with Crippen LogP contribution in [0.5, 0.6) is 11.5 Å². The highest BCUT2D eigenvalue weighted by atomic mass is 16.7. The normalized spacial score (nSPS) is 17.2. The van der Waals surface area contributed by atoms with E-state index < -0.39 is 0 Å². The predicted octanol–water partition coefficient (Wildman–Crippen LogP) is 3.90. The van der Waals surface area contributed by atoms with Crippen LogP contribution >= 0.6 is 0 Å². The summed E-state index contributed by atoms with van der Waals surface area (Å²) in [7, 11) is 1.60. The molecule has 1 aliphatic heterocycles. The van der Waals surface area contributed by atoms with Gasteiger partial charge in [-0.15, -0.1) is 0 Å². The van der Waals surface area contributed by atoms with Crippen LogP contribution in [-0.4, -0.2) is 13.0 Å². The van der Waals surface area contributed by atoms with E-state index in [0.29, 0.717) is 12.3 Å². The number of ether oxygens (including phenoxy) is 2. The summed E-state index contributed by atoms with van der Waals surface area (Å²) in [6.45, 7) is 0. The Morgan fingerprint density at radius 3 is 2.35 bits per heavy atom. The number of rotatable bonds is 3. The van der Waals surface area contributed by atoms with Crippen molar-refractivity contribution in [1.29, 1.82) is 0 Å². The molecule has 0 saturated carbocycles. The average molecular weight is 269 g/mol. The van der Waals surface area contributed by atoms with Gasteiger partial charge in [-0.2, -0.15) is 0 Å². The van der Waals surface area contributed by atoms with Crippen molar-refractivity contribution in [2.24, 2.45) is 5.16 Å². The largest absolute Gasteiger partial charge is 0.482 e. The third-order valence-corrected chi connectivity index (χ3v) is 3.11. The molecule has 0 bridgehead atoms. The number of benzene rings is 2. The Morgan fingerprint density at radius 1 is 1.00 bits per heavy atom. The fourth-order valence-electron chi connectivity index (χ4n) is 2.03. The van der Waals surface area contributed by atoms with E-state index in [-0.39, 0.29) is 6.10 Å². The zero-order valence-corrected chi connectivity index (χ0v) is 11.2. The maximum atomic E-state index is 5.74. The molecule has 0 aromatic heterocycles. The molecular formula is C16H15NO3. The van der Waals surface area contributed by atoms with Gasteiger partial charge < -0.3 is 14.3 Å². The standard InChI is InChI=1S/C16H15NO3/c1-18-16-11-15(20-17-16)12-7-9-14(10-8-12)19-13-5-3-2-4-6-13/h2-10,15H,11H2,1H3/t15-/m0/s1. The second-order valence-electron chi connectivity index (χ2n) is 4.47. The molecule has 20 heavy (non-hydrogen) atoms. The molecule has 4 nitrogen and oxygen atoms in total. The molecule has 0 radical (unpaired) electrons. The number of oxime groups is 1. The van der Waals surface area contributed by atoms with Crippen molar-refractivity contribution in [3.63, 3.8) is 0 Å². The quantitative estimate of drug-likeness (QED) is 0.848. The Morgan fingerprint density at radius 2 is 1.70 bits per heavy atom. The van der Waals surface area contributed by atoms with Crippen molar-refractivity contribution >= 4 is 5.90 Å². The molecule has 3 rings (SSSR count). The molecule has 0 amide bonds. The molecule has 1 heterocycles. The first-order valence-corrected chi connectivity index (χ1v) is 6.45. The Balaban J connectivity index is 1.66. The first-order chi connectivity index (χ1) is 9.85. The maximum absolute atomic E-state index is 5.74. The molecule has 0 N–H and O–H groups in total. The van der Waals surface area contributed by atoms with Gasteiger partial charge in [-0.25, -0.2) is 0 Å². The molecule has 1 atom stereocenters. The van der Waals surface area contributed by atoms with E-state index in [4.69, 9.17) is 14.3 Å². The Kier molecular flexibility index (Phi) is 3.54. The number of para-hydroxylation sites is 1. The van der Waals surface area contributed by atoms with Gasteiger partial charge >= 0.3 is 0 Å². The van der Waals surface area contributed by atoms with Gasteiger partial charge in [0.05, 0.1) is 13.5 Å². The number of hydrogen-bond acceptors (Lipinski definition) is 4. The smallest absolute Gasteiger partial charge is 0.229 e. The molecule has 102 valence electrons. The van der Waals surface area contributed by atoms with E-state index in [2.05, 4.69) is 5.16 Å². The van der Waals surface area contributed by atoms with Crippen molar-refractivity contribution in [2.45, 2.75) is 12.5 Å². The van der Waals surface area contributed by atoms with Crippen molar-refractivity contribution in [1.82, 2.24) is 0 Å². The highest BCUT2D eigenvalue weighted by Crippen LogP contribution is 2.29. The first kappa shape index (κ1) is 12.5. The fraction of sp³-hybridized carbons (Fsp3) is 0.188. The van der Waals surface area contributed by atoms with E-state index in [1.165, 1.54) is 0 Å². The van der Waals surface area contributed by atoms with E-state index in [1.807, 2.05) is 54.6 Å². The minimum absolute atomic E-state index is 0.0734. The molecule has 4 heteroatoms. The second kappa shape index (κ2) is 5.65. The van der Waals surface area contributed by atoms with Crippen LogP contribution in [0.15, 0.2) is 59.8 Å². The van der Waals surface area contributed by atoms with Crippen LogP contribution in [0.4, 0.5) is 0 Å². The third kappa shape index (κ3) is 2.74. The molecule has 1 aliphatic rings. The van der Waals surface area contributed by atoms with E-state index >= 15 is 0 Å². The molecule has 0 aliphatic carbocycles. The van der Waals surface area contributed by atoms with Crippen LogP contribution in [0.3, 0.4) is 0 Å². The van der Waals surface area contributed by atoms with Gasteiger partial charge in [-0.3, -0.25) is 0 Å². The van der Waals surface area contributed by atoms with Crippen molar-refractivity contribution < 1.29 is 14.3 Å². The minimum Gasteiger partial charge on any atom is -0.482 e. The zero-order chi connectivity index (χ0) is 13.8. The lowest BCUT2D eigenvalue weighted by Gasteiger charge is -2.10. The van der Waals surface area contributed by atoms with E-state index in [1.54, 1.807) is 7.11 Å². The molecule has 0 unspecified atom stereocenters. The number of methoxy groups -OCH3 is 1. The van der Waals surface area contributed by atoms with E-state index in [9.17, 15) is 0 Å². The second-order valence-corrected chi connectivity index (χ2v) is 4.47. The summed E-state index contributed by atoms with van der Waals surface area (Å²) in [6.07, 6.45) is 0.589. The van der Waals surface area contributed by atoms with Gasteiger partial charge in [0.25, 0.3) is 0 Å². The van der Waals surface area contributed by atoms with Crippen LogP contribution in [0.25, 0.3) is 0 Å². The fourth-order valence-corrected chi connectivity index (χ4v) is 2.03. The first-order valence-electron chi connectivity index (χ1n) is 6.45. The Bertz CT molecular complexity index is 593. The predicted molar refractivity (Wildman–Crippen MR) is 75.8 cm³/mol.